The lowest BCUT2D eigenvalue weighted by Crippen LogP contribution is -2.44. The van der Waals surface area contributed by atoms with E-state index in [1.54, 1.807) is 0 Å². The Morgan fingerprint density at radius 2 is 2.04 bits per heavy atom. The highest BCUT2D eigenvalue weighted by atomic mass is 16.5. The van der Waals surface area contributed by atoms with Crippen molar-refractivity contribution in [3.63, 3.8) is 0 Å². The van der Waals surface area contributed by atoms with Crippen LogP contribution in [0.5, 0.6) is 5.75 Å². The molecule has 0 aromatic heterocycles. The molecule has 2 aromatic carbocycles. The monoisotopic (exact) mass is 325 g/mol. The third-order valence-corrected chi connectivity index (χ3v) is 4.20. The Balaban J connectivity index is 1.88. The molecule has 0 bridgehead atoms. The molecule has 24 heavy (non-hydrogen) atoms. The van der Waals surface area contributed by atoms with Crippen LogP contribution in [0.2, 0.25) is 0 Å². The molecular formula is C20H23NO3. The lowest BCUT2D eigenvalue weighted by atomic mass is 10.1. The number of carbonyl (C=O) groups excluding carboxylic acids is 1. The van der Waals surface area contributed by atoms with Crippen LogP contribution >= 0.6 is 0 Å². The summed E-state index contributed by atoms with van der Waals surface area (Å²) in [5.41, 5.74) is 3.40. The topological polar surface area (TPSA) is 38.8 Å². The number of hydrogen-bond donors (Lipinski definition) is 0. The summed E-state index contributed by atoms with van der Waals surface area (Å²) in [7, 11) is 0. The van der Waals surface area contributed by atoms with Gasteiger partial charge in [-0.25, -0.2) is 0 Å². The van der Waals surface area contributed by atoms with Crippen molar-refractivity contribution >= 4 is 11.7 Å². The summed E-state index contributed by atoms with van der Waals surface area (Å²) in [5.74, 6) is 0.700. The first kappa shape index (κ1) is 16.4. The molecule has 0 aliphatic carbocycles. The number of nitrogens with zero attached hydrogens (tertiary/aromatic N) is 1. The first-order valence-corrected chi connectivity index (χ1v) is 8.37. The fourth-order valence-electron chi connectivity index (χ4n) is 3.02. The number of rotatable bonds is 5. The molecule has 0 saturated heterocycles. The molecule has 4 heteroatoms. The van der Waals surface area contributed by atoms with Crippen molar-refractivity contribution in [2.75, 3.05) is 18.1 Å². The van der Waals surface area contributed by atoms with Crippen molar-refractivity contribution < 1.29 is 14.3 Å². The molecule has 0 spiro atoms. The number of carbonyl (C=O) groups is 1. The molecule has 3 rings (SSSR count). The summed E-state index contributed by atoms with van der Waals surface area (Å²) in [6.07, 6.45) is 0.327. The van der Waals surface area contributed by atoms with Crippen molar-refractivity contribution in [1.29, 1.82) is 0 Å². The zero-order chi connectivity index (χ0) is 16.9. The largest absolute Gasteiger partial charge is 0.489 e. The van der Waals surface area contributed by atoms with E-state index in [1.807, 2.05) is 31.2 Å². The summed E-state index contributed by atoms with van der Waals surface area (Å²) in [4.78, 5) is 14.2. The Bertz CT molecular complexity index is 699. The van der Waals surface area contributed by atoms with Gasteiger partial charge in [0.25, 0.3) is 0 Å². The van der Waals surface area contributed by atoms with Crippen LogP contribution < -0.4 is 9.64 Å². The SMILES string of the molecule is CCOC(=O)C[C@H]1COc2cc(C)ccc2N1Cc1ccccc1. The third kappa shape index (κ3) is 3.70. The van der Waals surface area contributed by atoms with Gasteiger partial charge in [0.2, 0.25) is 0 Å². The molecule has 0 N–H and O–H groups in total. The first-order chi connectivity index (χ1) is 11.7. The minimum Gasteiger partial charge on any atom is -0.489 e. The molecule has 0 fully saturated rings. The van der Waals surface area contributed by atoms with Crippen molar-refractivity contribution in [3.05, 3.63) is 59.7 Å². The van der Waals surface area contributed by atoms with Crippen molar-refractivity contribution in [1.82, 2.24) is 0 Å². The van der Waals surface area contributed by atoms with E-state index in [1.165, 1.54) is 5.56 Å². The van der Waals surface area contributed by atoms with Crippen LogP contribution in [-0.2, 0) is 16.1 Å². The molecule has 1 aliphatic heterocycles. The fraction of sp³-hybridized carbons (Fsp3) is 0.350. The highest BCUT2D eigenvalue weighted by Crippen LogP contribution is 2.36. The fourth-order valence-corrected chi connectivity index (χ4v) is 3.02. The molecule has 1 atom stereocenters. The summed E-state index contributed by atoms with van der Waals surface area (Å²) >= 11 is 0. The normalized spacial score (nSPS) is 16.2. The van der Waals surface area contributed by atoms with Gasteiger partial charge in [-0.15, -0.1) is 0 Å². The average molecular weight is 325 g/mol. The highest BCUT2D eigenvalue weighted by Gasteiger charge is 2.30. The molecule has 1 heterocycles. The third-order valence-electron chi connectivity index (χ3n) is 4.20. The number of esters is 1. The predicted octanol–water partition coefficient (Wildman–Crippen LogP) is 3.72. The Kier molecular flexibility index (Phi) is 5.04. The van der Waals surface area contributed by atoms with Gasteiger partial charge in [0.15, 0.2) is 0 Å². The number of anilines is 1. The molecule has 0 saturated carbocycles. The van der Waals surface area contributed by atoms with Gasteiger partial charge in [-0.05, 0) is 37.1 Å². The minimum atomic E-state index is -0.181. The van der Waals surface area contributed by atoms with Gasteiger partial charge < -0.3 is 14.4 Å². The zero-order valence-corrected chi connectivity index (χ0v) is 14.2. The lowest BCUT2D eigenvalue weighted by Gasteiger charge is -2.38. The van der Waals surface area contributed by atoms with Gasteiger partial charge in [-0.2, -0.15) is 0 Å². The van der Waals surface area contributed by atoms with Gasteiger partial charge in [0.1, 0.15) is 12.4 Å². The van der Waals surface area contributed by atoms with E-state index in [-0.39, 0.29) is 12.0 Å². The lowest BCUT2D eigenvalue weighted by molar-refractivity contribution is -0.143. The zero-order valence-electron chi connectivity index (χ0n) is 14.2. The molecule has 0 radical (unpaired) electrons. The number of benzene rings is 2. The average Bonchev–Trinajstić information content (AvgIpc) is 2.58. The highest BCUT2D eigenvalue weighted by molar-refractivity contribution is 5.72. The van der Waals surface area contributed by atoms with E-state index in [0.717, 1.165) is 23.5 Å². The first-order valence-electron chi connectivity index (χ1n) is 8.37. The van der Waals surface area contributed by atoms with Gasteiger partial charge >= 0.3 is 5.97 Å². The minimum absolute atomic E-state index is 0.0283. The van der Waals surface area contributed by atoms with E-state index in [2.05, 4.69) is 36.1 Å². The van der Waals surface area contributed by atoms with E-state index in [4.69, 9.17) is 9.47 Å². The summed E-state index contributed by atoms with van der Waals surface area (Å²) in [6.45, 7) is 5.51. The Morgan fingerprint density at radius 3 is 2.79 bits per heavy atom. The Labute approximate surface area is 143 Å². The Morgan fingerprint density at radius 1 is 1.25 bits per heavy atom. The van der Waals surface area contributed by atoms with Gasteiger partial charge in [0.05, 0.1) is 24.8 Å². The number of hydrogen-bond acceptors (Lipinski definition) is 4. The van der Waals surface area contributed by atoms with Crippen molar-refractivity contribution in [2.24, 2.45) is 0 Å². The number of aryl methyl sites for hydroxylation is 1. The molecule has 0 unspecified atom stereocenters. The van der Waals surface area contributed by atoms with Crippen LogP contribution in [0.15, 0.2) is 48.5 Å². The maximum Gasteiger partial charge on any atom is 0.307 e. The van der Waals surface area contributed by atoms with E-state index in [9.17, 15) is 4.79 Å². The van der Waals surface area contributed by atoms with Crippen LogP contribution in [0.4, 0.5) is 5.69 Å². The summed E-state index contributed by atoms with van der Waals surface area (Å²) < 4.78 is 11.0. The van der Waals surface area contributed by atoms with Crippen LogP contribution in [0, 0.1) is 6.92 Å². The predicted molar refractivity (Wildman–Crippen MR) is 94.3 cm³/mol. The maximum atomic E-state index is 12.0. The van der Waals surface area contributed by atoms with Crippen molar-refractivity contribution in [3.8, 4) is 5.75 Å². The van der Waals surface area contributed by atoms with E-state index in [0.29, 0.717) is 19.6 Å². The van der Waals surface area contributed by atoms with Crippen LogP contribution in [-0.4, -0.2) is 25.2 Å². The second-order valence-corrected chi connectivity index (χ2v) is 6.06. The standard InChI is InChI=1S/C20H23NO3/c1-3-23-20(22)12-17-14-24-19-11-15(2)9-10-18(19)21(17)13-16-7-5-4-6-8-16/h4-11,17H,3,12-14H2,1-2H3/t17-/m0/s1. The second kappa shape index (κ2) is 7.39. The van der Waals surface area contributed by atoms with E-state index < -0.39 is 0 Å². The molecule has 1 aliphatic rings. The molecule has 4 nitrogen and oxygen atoms in total. The summed E-state index contributed by atoms with van der Waals surface area (Å²) in [6, 6.07) is 16.5. The molecule has 2 aromatic rings. The maximum absolute atomic E-state index is 12.0. The molecule has 0 amide bonds. The molecule has 126 valence electrons. The van der Waals surface area contributed by atoms with Gasteiger partial charge in [0, 0.05) is 6.54 Å². The smallest absolute Gasteiger partial charge is 0.307 e. The van der Waals surface area contributed by atoms with Gasteiger partial charge in [-0.1, -0.05) is 36.4 Å². The summed E-state index contributed by atoms with van der Waals surface area (Å²) in [5, 5.41) is 0. The molecular weight excluding hydrogens is 302 g/mol. The van der Waals surface area contributed by atoms with Crippen molar-refractivity contribution in [2.45, 2.75) is 32.9 Å². The quantitative estimate of drug-likeness (QED) is 0.786. The van der Waals surface area contributed by atoms with Crippen LogP contribution in [0.1, 0.15) is 24.5 Å². The van der Waals surface area contributed by atoms with Crippen LogP contribution in [0.3, 0.4) is 0 Å². The Hall–Kier alpha value is -2.49. The number of fused-ring (bicyclic) bond motifs is 1. The van der Waals surface area contributed by atoms with Gasteiger partial charge in [-0.3, -0.25) is 4.79 Å². The second-order valence-electron chi connectivity index (χ2n) is 6.06. The van der Waals surface area contributed by atoms with Crippen LogP contribution in [0.25, 0.3) is 0 Å². The number of ether oxygens (including phenoxy) is 2. The van der Waals surface area contributed by atoms with E-state index >= 15 is 0 Å².